The molecule has 6 nitrogen and oxygen atoms in total. The number of hydrogen-bond acceptors (Lipinski definition) is 6. The molecule has 2 rings (SSSR count). The highest BCUT2D eigenvalue weighted by atomic mass is 32.2. The zero-order valence-electron chi connectivity index (χ0n) is 14.5. The summed E-state index contributed by atoms with van der Waals surface area (Å²) >= 11 is 0. The van der Waals surface area contributed by atoms with Crippen LogP contribution in [-0.2, 0) is 19.3 Å². The van der Waals surface area contributed by atoms with E-state index in [0.717, 1.165) is 0 Å². The molecule has 1 aromatic carbocycles. The number of nitrogens with two attached hydrogens (primary N) is 1. The molecule has 1 unspecified atom stereocenters. The van der Waals surface area contributed by atoms with Gasteiger partial charge in [0.05, 0.1) is 35.1 Å². The first-order valence-electron chi connectivity index (χ1n) is 8.38. The van der Waals surface area contributed by atoms with Gasteiger partial charge >= 0.3 is 0 Å². The normalized spacial score (nSPS) is 28.0. The van der Waals surface area contributed by atoms with Crippen molar-refractivity contribution in [3.05, 3.63) is 43.0 Å². The SMILES string of the molecule is C=CCC1O[C@H](C[C@H](O)CN)[C@H](OC)[C@H]1CS(=O)(=O)c1ccccc1. The average Bonchev–Trinajstić information content (AvgIpc) is 2.91. The molecule has 1 fully saturated rings. The van der Waals surface area contributed by atoms with Gasteiger partial charge in [0.25, 0.3) is 0 Å². The Morgan fingerprint density at radius 3 is 2.60 bits per heavy atom. The van der Waals surface area contributed by atoms with Crippen molar-refractivity contribution in [2.75, 3.05) is 19.4 Å². The van der Waals surface area contributed by atoms with Gasteiger partial charge in [-0.05, 0) is 18.6 Å². The van der Waals surface area contributed by atoms with Gasteiger partial charge in [-0.2, -0.15) is 0 Å². The van der Waals surface area contributed by atoms with Gasteiger partial charge in [-0.25, -0.2) is 8.42 Å². The maximum atomic E-state index is 12.8. The Morgan fingerprint density at radius 2 is 2.04 bits per heavy atom. The Bertz CT molecular complexity index is 649. The summed E-state index contributed by atoms with van der Waals surface area (Å²) in [5.74, 6) is -0.424. The van der Waals surface area contributed by atoms with Crippen LogP contribution in [0.1, 0.15) is 12.8 Å². The minimum atomic E-state index is -3.48. The van der Waals surface area contributed by atoms with Crippen LogP contribution < -0.4 is 5.73 Å². The van der Waals surface area contributed by atoms with Crippen LogP contribution in [0.3, 0.4) is 0 Å². The summed E-state index contributed by atoms with van der Waals surface area (Å²) in [7, 11) is -1.94. The quantitative estimate of drug-likeness (QED) is 0.634. The molecule has 0 aliphatic carbocycles. The van der Waals surface area contributed by atoms with Crippen molar-refractivity contribution in [3.8, 4) is 0 Å². The summed E-state index contributed by atoms with van der Waals surface area (Å²) < 4.78 is 37.1. The van der Waals surface area contributed by atoms with Crippen molar-refractivity contribution in [3.63, 3.8) is 0 Å². The molecule has 1 aliphatic rings. The molecule has 0 amide bonds. The van der Waals surface area contributed by atoms with E-state index >= 15 is 0 Å². The van der Waals surface area contributed by atoms with E-state index in [4.69, 9.17) is 15.2 Å². The fourth-order valence-electron chi connectivity index (χ4n) is 3.34. The summed E-state index contributed by atoms with van der Waals surface area (Å²) in [4.78, 5) is 0.285. The summed E-state index contributed by atoms with van der Waals surface area (Å²) in [6.07, 6.45) is 0.678. The number of benzene rings is 1. The molecule has 1 saturated heterocycles. The first kappa shape index (κ1) is 20.1. The summed E-state index contributed by atoms with van der Waals surface area (Å²) in [5, 5.41) is 9.85. The molecule has 0 radical (unpaired) electrons. The average molecular weight is 369 g/mol. The maximum Gasteiger partial charge on any atom is 0.178 e. The van der Waals surface area contributed by atoms with E-state index in [1.165, 1.54) is 7.11 Å². The van der Waals surface area contributed by atoms with E-state index in [9.17, 15) is 13.5 Å². The zero-order valence-corrected chi connectivity index (χ0v) is 15.3. The first-order valence-corrected chi connectivity index (χ1v) is 10.0. The number of sulfone groups is 1. The van der Waals surface area contributed by atoms with Crippen LogP contribution >= 0.6 is 0 Å². The van der Waals surface area contributed by atoms with Crippen LogP contribution in [0, 0.1) is 5.92 Å². The van der Waals surface area contributed by atoms with E-state index in [1.54, 1.807) is 36.4 Å². The molecule has 0 spiro atoms. The van der Waals surface area contributed by atoms with Gasteiger partial charge in [0, 0.05) is 26.0 Å². The number of aliphatic hydroxyl groups excluding tert-OH is 1. The molecule has 7 heteroatoms. The predicted octanol–water partition coefficient (Wildman–Crippen LogP) is 1.14. The Kier molecular flexibility index (Phi) is 7.15. The molecule has 25 heavy (non-hydrogen) atoms. The lowest BCUT2D eigenvalue weighted by Gasteiger charge is -2.23. The van der Waals surface area contributed by atoms with Crippen LogP contribution in [0.5, 0.6) is 0 Å². The molecule has 0 bridgehead atoms. The second kappa shape index (κ2) is 8.91. The molecule has 140 valence electrons. The second-order valence-corrected chi connectivity index (χ2v) is 8.36. The van der Waals surface area contributed by atoms with E-state index in [1.807, 2.05) is 0 Å². The van der Waals surface area contributed by atoms with Gasteiger partial charge in [0.2, 0.25) is 0 Å². The molecule has 3 N–H and O–H groups in total. The third kappa shape index (κ3) is 4.89. The van der Waals surface area contributed by atoms with Crippen molar-refractivity contribution >= 4 is 9.84 Å². The lowest BCUT2D eigenvalue weighted by molar-refractivity contribution is -0.0294. The van der Waals surface area contributed by atoms with Crippen molar-refractivity contribution in [1.82, 2.24) is 0 Å². The summed E-state index contributed by atoms with van der Waals surface area (Å²) in [6.45, 7) is 3.85. The topological polar surface area (TPSA) is 98.8 Å². The Labute approximate surface area is 149 Å². The second-order valence-electron chi connectivity index (χ2n) is 6.32. The fraction of sp³-hybridized carbons (Fsp3) is 0.556. The van der Waals surface area contributed by atoms with Crippen LogP contribution in [0.2, 0.25) is 0 Å². The van der Waals surface area contributed by atoms with Crippen LogP contribution in [-0.4, -0.2) is 57.3 Å². The highest BCUT2D eigenvalue weighted by Crippen LogP contribution is 2.35. The van der Waals surface area contributed by atoms with E-state index in [0.29, 0.717) is 12.8 Å². The lowest BCUT2D eigenvalue weighted by Crippen LogP contribution is -2.37. The highest BCUT2D eigenvalue weighted by Gasteiger charge is 2.46. The monoisotopic (exact) mass is 369 g/mol. The molecular formula is C18H27NO5S. The van der Waals surface area contributed by atoms with Gasteiger partial charge < -0.3 is 20.3 Å². The van der Waals surface area contributed by atoms with E-state index in [-0.39, 0.29) is 29.2 Å². The number of methoxy groups -OCH3 is 1. The van der Waals surface area contributed by atoms with Crippen molar-refractivity contribution in [1.29, 1.82) is 0 Å². The molecule has 1 aliphatic heterocycles. The van der Waals surface area contributed by atoms with Crippen molar-refractivity contribution in [2.24, 2.45) is 11.7 Å². The number of ether oxygens (including phenoxy) is 2. The summed E-state index contributed by atoms with van der Waals surface area (Å²) in [5.41, 5.74) is 5.48. The molecule has 0 aromatic heterocycles. The predicted molar refractivity (Wildman–Crippen MR) is 95.9 cm³/mol. The Hall–Kier alpha value is -1.25. The molecule has 5 atom stereocenters. The molecule has 1 heterocycles. The van der Waals surface area contributed by atoms with Crippen LogP contribution in [0.4, 0.5) is 0 Å². The Balaban J connectivity index is 2.23. The minimum absolute atomic E-state index is 0.0801. The van der Waals surface area contributed by atoms with Gasteiger partial charge in [-0.3, -0.25) is 0 Å². The van der Waals surface area contributed by atoms with E-state index in [2.05, 4.69) is 6.58 Å². The zero-order chi connectivity index (χ0) is 18.4. The van der Waals surface area contributed by atoms with Gasteiger partial charge in [0.1, 0.15) is 0 Å². The third-order valence-corrected chi connectivity index (χ3v) is 6.39. The number of hydrogen-bond donors (Lipinski definition) is 2. The van der Waals surface area contributed by atoms with Crippen molar-refractivity contribution in [2.45, 2.75) is 42.2 Å². The molecular weight excluding hydrogens is 342 g/mol. The van der Waals surface area contributed by atoms with Gasteiger partial charge in [-0.1, -0.05) is 24.3 Å². The minimum Gasteiger partial charge on any atom is -0.392 e. The first-order chi connectivity index (χ1) is 11.9. The fourth-order valence-corrected chi connectivity index (χ4v) is 5.02. The molecule has 1 aromatic rings. The van der Waals surface area contributed by atoms with Crippen LogP contribution in [0.25, 0.3) is 0 Å². The van der Waals surface area contributed by atoms with Crippen molar-refractivity contribution < 1.29 is 23.0 Å². The Morgan fingerprint density at radius 1 is 1.36 bits per heavy atom. The third-order valence-electron chi connectivity index (χ3n) is 4.58. The van der Waals surface area contributed by atoms with E-state index < -0.39 is 28.1 Å². The highest BCUT2D eigenvalue weighted by molar-refractivity contribution is 7.91. The lowest BCUT2D eigenvalue weighted by atomic mass is 9.94. The summed E-state index contributed by atoms with van der Waals surface area (Å²) in [6, 6.07) is 8.36. The van der Waals surface area contributed by atoms with Gasteiger partial charge in [-0.15, -0.1) is 6.58 Å². The van der Waals surface area contributed by atoms with Crippen LogP contribution in [0.15, 0.2) is 47.9 Å². The largest absolute Gasteiger partial charge is 0.392 e. The standard InChI is InChI=1S/C18H27NO5S/c1-3-7-16-15(12-25(21,22)14-8-5-4-6-9-14)18(23-2)17(24-16)10-13(20)11-19/h3-6,8-9,13,15-18,20H,1,7,10-12,19H2,2H3/t13-,15-,16?,17+,18+/m0/s1. The van der Waals surface area contributed by atoms with Gasteiger partial charge in [0.15, 0.2) is 9.84 Å². The smallest absolute Gasteiger partial charge is 0.178 e. The number of aliphatic hydroxyl groups is 1. The number of rotatable bonds is 9. The molecule has 0 saturated carbocycles. The maximum absolute atomic E-state index is 12.8.